The normalized spacial score (nSPS) is 21.7. The molecule has 0 saturated heterocycles. The Hall–Kier alpha value is -2.45. The van der Waals surface area contributed by atoms with Gasteiger partial charge in [-0.2, -0.15) is 18.2 Å². The smallest absolute Gasteiger partial charge is 0.344 e. The summed E-state index contributed by atoms with van der Waals surface area (Å²) >= 11 is 0. The van der Waals surface area contributed by atoms with E-state index in [-0.39, 0.29) is 29.1 Å². The molecule has 146 valence electrons. The number of alkyl halides is 3. The fraction of sp³-hybridized carbons (Fsp3) is 0.556. The Labute approximate surface area is 154 Å². The number of pyridine rings is 1. The molecule has 0 aromatic carbocycles. The van der Waals surface area contributed by atoms with Gasteiger partial charge in [-0.1, -0.05) is 12.1 Å². The van der Waals surface area contributed by atoms with Gasteiger partial charge in [0.15, 0.2) is 0 Å². The molecule has 6 nitrogen and oxygen atoms in total. The summed E-state index contributed by atoms with van der Waals surface area (Å²) in [6.07, 6.45) is 0.254. The zero-order valence-electron chi connectivity index (χ0n) is 15.1. The quantitative estimate of drug-likeness (QED) is 0.859. The highest BCUT2D eigenvalue weighted by molar-refractivity contribution is 5.79. The molecule has 1 N–H and O–H groups in total. The van der Waals surface area contributed by atoms with Crippen molar-refractivity contribution >= 4 is 5.91 Å². The van der Waals surface area contributed by atoms with Crippen LogP contribution in [0.15, 0.2) is 22.9 Å². The second-order valence-corrected chi connectivity index (χ2v) is 7.07. The molecule has 1 fully saturated rings. The van der Waals surface area contributed by atoms with Crippen LogP contribution in [0.3, 0.4) is 0 Å². The van der Waals surface area contributed by atoms with E-state index in [1.807, 2.05) is 0 Å². The Morgan fingerprint density at radius 2 is 2.00 bits per heavy atom. The molecule has 2 aromatic rings. The Balaban J connectivity index is 1.67. The third-order valence-corrected chi connectivity index (χ3v) is 4.87. The molecule has 0 spiro atoms. The van der Waals surface area contributed by atoms with E-state index in [9.17, 15) is 18.0 Å². The minimum atomic E-state index is -4.55. The van der Waals surface area contributed by atoms with Crippen LogP contribution in [0.2, 0.25) is 0 Å². The fourth-order valence-corrected chi connectivity index (χ4v) is 3.17. The molecule has 0 aliphatic heterocycles. The maximum atomic E-state index is 12.8. The minimum Gasteiger partial charge on any atom is -0.344 e. The van der Waals surface area contributed by atoms with Gasteiger partial charge in [0, 0.05) is 17.7 Å². The summed E-state index contributed by atoms with van der Waals surface area (Å²) in [6.45, 7) is 3.88. The van der Waals surface area contributed by atoms with Gasteiger partial charge in [0.25, 0.3) is 0 Å². The van der Waals surface area contributed by atoms with E-state index in [1.165, 1.54) is 6.07 Å². The lowest BCUT2D eigenvalue weighted by Crippen LogP contribution is -2.34. The van der Waals surface area contributed by atoms with Gasteiger partial charge in [-0.25, -0.2) is 0 Å². The second kappa shape index (κ2) is 7.66. The molecule has 0 radical (unpaired) electrons. The van der Waals surface area contributed by atoms with Gasteiger partial charge in [0.2, 0.25) is 17.6 Å². The van der Waals surface area contributed by atoms with Crippen molar-refractivity contribution in [2.45, 2.75) is 51.7 Å². The van der Waals surface area contributed by atoms with Crippen LogP contribution in [-0.2, 0) is 11.0 Å². The first-order chi connectivity index (χ1) is 12.7. The molecule has 2 heterocycles. The maximum absolute atomic E-state index is 12.8. The Bertz CT molecular complexity index is 798. The van der Waals surface area contributed by atoms with Gasteiger partial charge >= 0.3 is 6.18 Å². The zero-order chi connectivity index (χ0) is 19.6. The molecule has 1 amide bonds. The van der Waals surface area contributed by atoms with Gasteiger partial charge in [0.1, 0.15) is 11.7 Å². The molecule has 1 saturated carbocycles. The number of amides is 1. The molecule has 9 heteroatoms. The largest absolute Gasteiger partial charge is 0.433 e. The summed E-state index contributed by atoms with van der Waals surface area (Å²) in [5.41, 5.74) is -0.883. The third kappa shape index (κ3) is 4.64. The van der Waals surface area contributed by atoms with Gasteiger partial charge in [-0.05, 0) is 50.7 Å². The van der Waals surface area contributed by atoms with Crippen LogP contribution in [0.4, 0.5) is 13.2 Å². The summed E-state index contributed by atoms with van der Waals surface area (Å²) in [5, 5.41) is 6.58. The Morgan fingerprint density at radius 3 is 2.67 bits per heavy atom. The lowest BCUT2D eigenvalue weighted by atomic mass is 9.82. The molecule has 1 atom stereocenters. The summed E-state index contributed by atoms with van der Waals surface area (Å²) < 4.78 is 43.5. The van der Waals surface area contributed by atoms with Crippen LogP contribution in [-0.4, -0.2) is 21.0 Å². The predicted molar refractivity (Wildman–Crippen MR) is 90.2 cm³/mol. The summed E-state index contributed by atoms with van der Waals surface area (Å²) in [7, 11) is 0. The second-order valence-electron chi connectivity index (χ2n) is 7.07. The lowest BCUT2D eigenvalue weighted by Gasteiger charge is -2.26. The van der Waals surface area contributed by atoms with Crippen molar-refractivity contribution in [3.8, 4) is 11.4 Å². The number of nitrogens with zero attached hydrogens (tertiary/aromatic N) is 3. The number of hydrogen-bond donors (Lipinski definition) is 1. The third-order valence-electron chi connectivity index (χ3n) is 4.87. The van der Waals surface area contributed by atoms with E-state index in [4.69, 9.17) is 4.52 Å². The van der Waals surface area contributed by atoms with Crippen molar-refractivity contribution in [3.63, 3.8) is 0 Å². The van der Waals surface area contributed by atoms with Crippen LogP contribution in [0.1, 0.15) is 57.2 Å². The highest BCUT2D eigenvalue weighted by atomic mass is 19.4. The Kier molecular flexibility index (Phi) is 5.48. The number of rotatable bonds is 4. The highest BCUT2D eigenvalue weighted by Crippen LogP contribution is 2.31. The first-order valence-electron chi connectivity index (χ1n) is 8.91. The van der Waals surface area contributed by atoms with Crippen molar-refractivity contribution < 1.29 is 22.5 Å². The van der Waals surface area contributed by atoms with Crippen LogP contribution < -0.4 is 5.32 Å². The van der Waals surface area contributed by atoms with Gasteiger partial charge in [-0.15, -0.1) is 0 Å². The van der Waals surface area contributed by atoms with E-state index < -0.39 is 17.9 Å². The van der Waals surface area contributed by atoms with Crippen molar-refractivity contribution in [2.24, 2.45) is 11.8 Å². The van der Waals surface area contributed by atoms with E-state index >= 15 is 0 Å². The first kappa shape index (κ1) is 19.3. The van der Waals surface area contributed by atoms with Crippen LogP contribution in [0, 0.1) is 11.8 Å². The summed E-state index contributed by atoms with van der Waals surface area (Å²) in [4.78, 5) is 19.8. The number of hydrogen-bond acceptors (Lipinski definition) is 5. The van der Waals surface area contributed by atoms with Crippen LogP contribution in [0.5, 0.6) is 0 Å². The number of halogens is 3. The average Bonchev–Trinajstić information content (AvgIpc) is 3.12. The monoisotopic (exact) mass is 382 g/mol. The van der Waals surface area contributed by atoms with Crippen molar-refractivity contribution in [3.05, 3.63) is 29.9 Å². The molecular formula is C18H21F3N4O2. The fourth-order valence-electron chi connectivity index (χ4n) is 3.17. The van der Waals surface area contributed by atoms with Crippen LogP contribution >= 0.6 is 0 Å². The zero-order valence-corrected chi connectivity index (χ0v) is 15.1. The molecule has 3 rings (SSSR count). The predicted octanol–water partition coefficient (Wildman–Crippen LogP) is 4.15. The molecule has 0 unspecified atom stereocenters. The van der Waals surface area contributed by atoms with Gasteiger partial charge < -0.3 is 9.84 Å². The lowest BCUT2D eigenvalue weighted by molar-refractivity contribution is -0.141. The first-order valence-corrected chi connectivity index (χ1v) is 8.91. The van der Waals surface area contributed by atoms with Gasteiger partial charge in [0.05, 0.1) is 0 Å². The SMILES string of the molecule is C[C@H](NC(=O)[C@H]1CC[C@@H](C)CC1)c1nc(-c2ccnc(C(F)(F)F)c2)no1. The topological polar surface area (TPSA) is 80.9 Å². The van der Waals surface area contributed by atoms with E-state index in [0.29, 0.717) is 5.92 Å². The highest BCUT2D eigenvalue weighted by Gasteiger charge is 2.33. The molecule has 27 heavy (non-hydrogen) atoms. The number of nitrogens with one attached hydrogen (secondary N) is 1. The molecule has 1 aliphatic rings. The molecule has 2 aromatic heterocycles. The van der Waals surface area contributed by atoms with Crippen molar-refractivity contribution in [1.82, 2.24) is 20.4 Å². The summed E-state index contributed by atoms with van der Waals surface area (Å²) in [5.74, 6) is 0.725. The molecule has 0 bridgehead atoms. The van der Waals surface area contributed by atoms with Crippen molar-refractivity contribution in [1.29, 1.82) is 0 Å². The Morgan fingerprint density at radius 1 is 1.30 bits per heavy atom. The van der Waals surface area contributed by atoms with E-state index in [1.54, 1.807) is 6.92 Å². The minimum absolute atomic E-state index is 0.0190. The van der Waals surface area contributed by atoms with E-state index in [0.717, 1.165) is 37.9 Å². The maximum Gasteiger partial charge on any atom is 0.433 e. The number of carbonyl (C=O) groups excluding carboxylic acids is 1. The average molecular weight is 382 g/mol. The number of carbonyl (C=O) groups is 1. The van der Waals surface area contributed by atoms with Crippen LogP contribution in [0.25, 0.3) is 11.4 Å². The van der Waals surface area contributed by atoms with Gasteiger partial charge in [-0.3, -0.25) is 9.78 Å². The van der Waals surface area contributed by atoms with Crippen molar-refractivity contribution in [2.75, 3.05) is 0 Å². The molecular weight excluding hydrogens is 361 g/mol. The molecule has 1 aliphatic carbocycles. The van der Waals surface area contributed by atoms with E-state index in [2.05, 4.69) is 27.4 Å². The number of aromatic nitrogens is 3. The standard InChI is InChI=1S/C18H21F3N4O2/c1-10-3-5-12(6-4-10)16(26)23-11(2)17-24-15(25-27-17)13-7-8-22-14(9-13)18(19,20)21/h7-12H,3-6H2,1-2H3,(H,23,26)/t10-,11-,12+/m0/s1. The summed E-state index contributed by atoms with van der Waals surface area (Å²) in [6, 6.07) is 1.71.